The van der Waals surface area contributed by atoms with Gasteiger partial charge in [0.15, 0.2) is 0 Å². The SMILES string of the molecule is CCNC(CN1CCC(OCC)CC1)C1CCCCC1. The summed E-state index contributed by atoms with van der Waals surface area (Å²) >= 11 is 0. The van der Waals surface area contributed by atoms with Crippen LogP contribution < -0.4 is 5.32 Å². The fourth-order valence-corrected chi connectivity index (χ4v) is 3.95. The van der Waals surface area contributed by atoms with Crippen LogP contribution in [0.15, 0.2) is 0 Å². The molecule has 3 heteroatoms. The lowest BCUT2D eigenvalue weighted by molar-refractivity contribution is 0.0103. The number of hydrogen-bond acceptors (Lipinski definition) is 3. The smallest absolute Gasteiger partial charge is 0.0599 e. The van der Waals surface area contributed by atoms with E-state index in [1.807, 2.05) is 0 Å². The highest BCUT2D eigenvalue weighted by Gasteiger charge is 2.27. The van der Waals surface area contributed by atoms with Crippen LogP contribution in [0.1, 0.15) is 58.8 Å². The fourth-order valence-electron chi connectivity index (χ4n) is 3.95. The topological polar surface area (TPSA) is 24.5 Å². The monoisotopic (exact) mass is 282 g/mol. The minimum absolute atomic E-state index is 0.517. The Kier molecular flexibility index (Phi) is 7.32. The Balaban J connectivity index is 1.76. The third-order valence-electron chi connectivity index (χ3n) is 5.08. The molecule has 1 aliphatic heterocycles. The average molecular weight is 282 g/mol. The number of ether oxygens (including phenoxy) is 1. The summed E-state index contributed by atoms with van der Waals surface area (Å²) in [6.45, 7) is 10.0. The summed E-state index contributed by atoms with van der Waals surface area (Å²) in [5, 5.41) is 3.76. The van der Waals surface area contributed by atoms with Gasteiger partial charge in [-0.15, -0.1) is 0 Å². The number of hydrogen-bond donors (Lipinski definition) is 1. The number of nitrogens with one attached hydrogen (secondary N) is 1. The van der Waals surface area contributed by atoms with Crippen LogP contribution in [0.25, 0.3) is 0 Å². The quantitative estimate of drug-likeness (QED) is 0.777. The first-order chi connectivity index (χ1) is 9.83. The van der Waals surface area contributed by atoms with E-state index in [2.05, 4.69) is 24.1 Å². The molecule has 1 unspecified atom stereocenters. The normalized spacial score (nSPS) is 24.9. The lowest BCUT2D eigenvalue weighted by Crippen LogP contribution is -2.49. The summed E-state index contributed by atoms with van der Waals surface area (Å²) in [7, 11) is 0. The molecule has 118 valence electrons. The Labute approximate surface area is 125 Å². The maximum Gasteiger partial charge on any atom is 0.0599 e. The highest BCUT2D eigenvalue weighted by Crippen LogP contribution is 2.27. The molecule has 0 amide bonds. The Morgan fingerprint density at radius 1 is 1.05 bits per heavy atom. The van der Waals surface area contributed by atoms with Crippen LogP contribution in [0, 0.1) is 5.92 Å². The summed E-state index contributed by atoms with van der Waals surface area (Å²) in [5.41, 5.74) is 0. The molecule has 0 aromatic rings. The van der Waals surface area contributed by atoms with Gasteiger partial charge in [-0.2, -0.15) is 0 Å². The highest BCUT2D eigenvalue weighted by atomic mass is 16.5. The first-order valence-electron chi connectivity index (χ1n) is 8.90. The minimum atomic E-state index is 0.517. The maximum absolute atomic E-state index is 5.76. The number of nitrogens with zero attached hydrogens (tertiary/aromatic N) is 1. The van der Waals surface area contributed by atoms with Crippen molar-refractivity contribution in [3.8, 4) is 0 Å². The van der Waals surface area contributed by atoms with Gasteiger partial charge in [-0.3, -0.25) is 0 Å². The summed E-state index contributed by atoms with van der Waals surface area (Å²) in [6, 6.07) is 0.712. The molecule has 1 N–H and O–H groups in total. The molecule has 0 spiro atoms. The van der Waals surface area contributed by atoms with Crippen molar-refractivity contribution in [2.45, 2.75) is 70.9 Å². The van der Waals surface area contributed by atoms with E-state index in [0.29, 0.717) is 12.1 Å². The predicted molar refractivity (Wildman–Crippen MR) is 85.1 cm³/mol. The molecule has 1 atom stereocenters. The Bertz CT molecular complexity index is 245. The second kappa shape index (κ2) is 9.01. The van der Waals surface area contributed by atoms with Crippen molar-refractivity contribution in [3.05, 3.63) is 0 Å². The van der Waals surface area contributed by atoms with Crippen LogP contribution in [0.5, 0.6) is 0 Å². The molecule has 3 nitrogen and oxygen atoms in total. The van der Waals surface area contributed by atoms with Crippen molar-refractivity contribution in [1.29, 1.82) is 0 Å². The summed E-state index contributed by atoms with van der Waals surface area (Å²) in [5.74, 6) is 0.910. The van der Waals surface area contributed by atoms with E-state index in [1.54, 1.807) is 0 Å². The molecule has 0 aromatic heterocycles. The summed E-state index contributed by atoms with van der Waals surface area (Å²) in [6.07, 6.45) is 10.2. The number of rotatable bonds is 7. The molecule has 1 aliphatic carbocycles. The Morgan fingerprint density at radius 2 is 1.75 bits per heavy atom. The van der Waals surface area contributed by atoms with Crippen molar-refractivity contribution in [2.24, 2.45) is 5.92 Å². The van der Waals surface area contributed by atoms with Gasteiger partial charge in [-0.25, -0.2) is 0 Å². The first kappa shape index (κ1) is 16.3. The average Bonchev–Trinajstić information content (AvgIpc) is 2.50. The molecule has 0 aromatic carbocycles. The van der Waals surface area contributed by atoms with Gasteiger partial charge >= 0.3 is 0 Å². The molecular formula is C17H34N2O. The Morgan fingerprint density at radius 3 is 2.35 bits per heavy atom. The Hall–Kier alpha value is -0.120. The molecule has 1 saturated heterocycles. The molecule has 0 radical (unpaired) electrons. The van der Waals surface area contributed by atoms with Crippen LogP contribution >= 0.6 is 0 Å². The van der Waals surface area contributed by atoms with E-state index < -0.39 is 0 Å². The van der Waals surface area contributed by atoms with Gasteiger partial charge in [0.1, 0.15) is 0 Å². The summed E-state index contributed by atoms with van der Waals surface area (Å²) in [4.78, 5) is 2.66. The first-order valence-corrected chi connectivity index (χ1v) is 8.90. The molecule has 2 aliphatic rings. The molecule has 0 bridgehead atoms. The molecular weight excluding hydrogens is 248 g/mol. The van der Waals surface area contributed by atoms with Gasteiger partial charge in [0.2, 0.25) is 0 Å². The van der Waals surface area contributed by atoms with Crippen molar-refractivity contribution >= 4 is 0 Å². The third-order valence-corrected chi connectivity index (χ3v) is 5.08. The van der Waals surface area contributed by atoms with Gasteiger partial charge < -0.3 is 15.0 Å². The zero-order valence-electron chi connectivity index (χ0n) is 13.6. The number of likely N-dealkylation sites (tertiary alicyclic amines) is 1. The molecule has 2 rings (SSSR count). The number of likely N-dealkylation sites (N-methyl/N-ethyl adjacent to an activating group) is 1. The zero-order chi connectivity index (χ0) is 14.2. The van der Waals surface area contributed by atoms with Crippen LogP contribution in [0.3, 0.4) is 0 Å². The van der Waals surface area contributed by atoms with E-state index in [1.165, 1.54) is 64.6 Å². The van der Waals surface area contributed by atoms with Crippen LogP contribution in [-0.2, 0) is 4.74 Å². The zero-order valence-corrected chi connectivity index (χ0v) is 13.6. The van der Waals surface area contributed by atoms with E-state index in [9.17, 15) is 0 Å². The molecule has 2 fully saturated rings. The standard InChI is InChI=1S/C17H34N2O/c1-3-18-17(15-8-6-5-7-9-15)14-19-12-10-16(11-13-19)20-4-2/h15-18H,3-14H2,1-2H3. The highest BCUT2D eigenvalue weighted by molar-refractivity contribution is 4.84. The van der Waals surface area contributed by atoms with Gasteiger partial charge in [0, 0.05) is 32.3 Å². The van der Waals surface area contributed by atoms with Gasteiger partial charge in [-0.05, 0) is 45.1 Å². The molecule has 20 heavy (non-hydrogen) atoms. The van der Waals surface area contributed by atoms with E-state index in [-0.39, 0.29) is 0 Å². The lowest BCUT2D eigenvalue weighted by Gasteiger charge is -2.38. The molecule has 1 heterocycles. The van der Waals surface area contributed by atoms with E-state index >= 15 is 0 Å². The van der Waals surface area contributed by atoms with Crippen LogP contribution in [0.4, 0.5) is 0 Å². The summed E-state index contributed by atoms with van der Waals surface area (Å²) < 4.78 is 5.76. The van der Waals surface area contributed by atoms with E-state index in [4.69, 9.17) is 4.74 Å². The van der Waals surface area contributed by atoms with Crippen molar-refractivity contribution in [3.63, 3.8) is 0 Å². The fraction of sp³-hybridized carbons (Fsp3) is 1.00. The second-order valence-electron chi connectivity index (χ2n) is 6.52. The van der Waals surface area contributed by atoms with Crippen molar-refractivity contribution in [1.82, 2.24) is 10.2 Å². The van der Waals surface area contributed by atoms with Gasteiger partial charge in [-0.1, -0.05) is 26.2 Å². The van der Waals surface area contributed by atoms with Gasteiger partial charge in [0.05, 0.1) is 6.10 Å². The molecule has 1 saturated carbocycles. The maximum atomic E-state index is 5.76. The lowest BCUT2D eigenvalue weighted by atomic mass is 9.83. The van der Waals surface area contributed by atoms with E-state index in [0.717, 1.165) is 19.1 Å². The largest absolute Gasteiger partial charge is 0.378 e. The van der Waals surface area contributed by atoms with Crippen LogP contribution in [0.2, 0.25) is 0 Å². The minimum Gasteiger partial charge on any atom is -0.378 e. The van der Waals surface area contributed by atoms with Crippen molar-refractivity contribution < 1.29 is 4.74 Å². The van der Waals surface area contributed by atoms with Crippen molar-refractivity contribution in [2.75, 3.05) is 32.8 Å². The third kappa shape index (κ3) is 5.01. The van der Waals surface area contributed by atoms with Gasteiger partial charge in [0.25, 0.3) is 0 Å². The predicted octanol–water partition coefficient (Wildman–Crippen LogP) is 3.05. The second-order valence-corrected chi connectivity index (χ2v) is 6.52. The van der Waals surface area contributed by atoms with Crippen LogP contribution in [-0.4, -0.2) is 49.8 Å². The number of piperidine rings is 1.